The van der Waals surface area contributed by atoms with Gasteiger partial charge in [-0.05, 0) is 42.3 Å². The molecule has 0 fully saturated rings. The van der Waals surface area contributed by atoms with Gasteiger partial charge >= 0.3 is 0 Å². The van der Waals surface area contributed by atoms with Crippen LogP contribution < -0.4 is 5.32 Å². The molecule has 0 bridgehead atoms. The number of halogens is 2. The van der Waals surface area contributed by atoms with Crippen LogP contribution in [0.2, 0.25) is 0 Å². The highest BCUT2D eigenvalue weighted by molar-refractivity contribution is 9.10. The van der Waals surface area contributed by atoms with Crippen LogP contribution in [0, 0.1) is 0 Å². The minimum Gasteiger partial charge on any atom is -0.457 e. The van der Waals surface area contributed by atoms with E-state index in [0.717, 1.165) is 11.8 Å². The third-order valence-corrected chi connectivity index (χ3v) is 3.04. The Bertz CT molecular complexity index is 347. The van der Waals surface area contributed by atoms with Crippen LogP contribution in [0.15, 0.2) is 21.4 Å². The van der Waals surface area contributed by atoms with E-state index in [2.05, 4.69) is 37.2 Å². The first-order chi connectivity index (χ1) is 6.96. The summed E-state index contributed by atoms with van der Waals surface area (Å²) in [4.78, 5) is 11.8. The van der Waals surface area contributed by atoms with Crippen LogP contribution in [0.4, 0.5) is 0 Å². The maximum Gasteiger partial charge on any atom is 0.256 e. The Morgan fingerprint density at radius 3 is 2.73 bits per heavy atom. The normalized spacial score (nSPS) is 11.5. The lowest BCUT2D eigenvalue weighted by Crippen LogP contribution is -2.43. The molecule has 0 aromatic carbocycles. The average molecular weight is 339 g/mol. The molecule has 84 valence electrons. The monoisotopic (exact) mass is 337 g/mol. The molecular formula is C10H13Br2NO2. The molecule has 0 unspecified atom stereocenters. The number of carbonyl (C=O) groups is 1. The second-order valence-corrected chi connectivity index (χ2v) is 5.40. The van der Waals surface area contributed by atoms with E-state index in [1.165, 1.54) is 6.26 Å². The lowest BCUT2D eigenvalue weighted by molar-refractivity contribution is 0.0910. The molecule has 1 aromatic rings. The first-order valence-electron chi connectivity index (χ1n) is 4.58. The van der Waals surface area contributed by atoms with E-state index in [4.69, 9.17) is 4.42 Å². The zero-order chi connectivity index (χ0) is 11.5. The van der Waals surface area contributed by atoms with Crippen molar-refractivity contribution in [2.24, 2.45) is 0 Å². The Kier molecular flexibility index (Phi) is 4.40. The zero-order valence-corrected chi connectivity index (χ0v) is 11.8. The second-order valence-electron chi connectivity index (χ2n) is 3.88. The van der Waals surface area contributed by atoms with Gasteiger partial charge in [0.15, 0.2) is 4.67 Å². The molecular weight excluding hydrogens is 326 g/mol. The van der Waals surface area contributed by atoms with Gasteiger partial charge in [0.1, 0.15) is 0 Å². The van der Waals surface area contributed by atoms with Crippen LogP contribution in [0.5, 0.6) is 0 Å². The molecule has 0 atom stereocenters. The number of carbonyl (C=O) groups excluding carboxylic acids is 1. The van der Waals surface area contributed by atoms with Crippen LogP contribution in [-0.2, 0) is 0 Å². The summed E-state index contributed by atoms with van der Waals surface area (Å²) in [6.45, 7) is 3.97. The van der Waals surface area contributed by atoms with Crippen molar-refractivity contribution in [1.29, 1.82) is 0 Å². The predicted molar refractivity (Wildman–Crippen MR) is 66.4 cm³/mol. The smallest absolute Gasteiger partial charge is 0.256 e. The molecule has 1 amide bonds. The first kappa shape index (κ1) is 12.8. The number of amides is 1. The molecule has 0 aliphatic carbocycles. The van der Waals surface area contributed by atoms with Gasteiger partial charge in [0.05, 0.1) is 11.8 Å². The van der Waals surface area contributed by atoms with Crippen molar-refractivity contribution in [2.75, 3.05) is 5.33 Å². The van der Waals surface area contributed by atoms with Crippen LogP contribution in [0.1, 0.15) is 30.6 Å². The zero-order valence-electron chi connectivity index (χ0n) is 8.64. The molecule has 15 heavy (non-hydrogen) atoms. The fourth-order valence-electron chi connectivity index (χ4n) is 1.13. The van der Waals surface area contributed by atoms with Crippen LogP contribution in [0.25, 0.3) is 0 Å². The molecule has 3 nitrogen and oxygen atoms in total. The number of nitrogens with one attached hydrogen (secondary N) is 1. The molecule has 1 N–H and O–H groups in total. The summed E-state index contributed by atoms with van der Waals surface area (Å²) >= 11 is 6.54. The van der Waals surface area contributed by atoms with E-state index in [1.54, 1.807) is 6.07 Å². The summed E-state index contributed by atoms with van der Waals surface area (Å²) in [5.74, 6) is -0.124. The van der Waals surface area contributed by atoms with Crippen molar-refractivity contribution in [3.05, 3.63) is 22.6 Å². The van der Waals surface area contributed by atoms with Gasteiger partial charge < -0.3 is 9.73 Å². The molecule has 1 rings (SSSR count). The minimum absolute atomic E-state index is 0.124. The van der Waals surface area contributed by atoms with Gasteiger partial charge in [0, 0.05) is 10.9 Å². The van der Waals surface area contributed by atoms with E-state index < -0.39 is 0 Å². The summed E-state index contributed by atoms with van der Waals surface area (Å²) in [6, 6.07) is 1.64. The van der Waals surface area contributed by atoms with Gasteiger partial charge in [-0.1, -0.05) is 15.9 Å². The van der Waals surface area contributed by atoms with Gasteiger partial charge in [-0.15, -0.1) is 0 Å². The SMILES string of the molecule is CC(C)(CCBr)NC(=O)c1ccoc1Br. The highest BCUT2D eigenvalue weighted by Crippen LogP contribution is 2.19. The highest BCUT2D eigenvalue weighted by atomic mass is 79.9. The Hall–Kier alpha value is -0.290. The van der Waals surface area contributed by atoms with Gasteiger partial charge in [-0.3, -0.25) is 4.79 Å². The predicted octanol–water partition coefficient (Wildman–Crippen LogP) is 3.34. The van der Waals surface area contributed by atoms with Gasteiger partial charge in [0.2, 0.25) is 0 Å². The van der Waals surface area contributed by atoms with Crippen LogP contribution in [0.3, 0.4) is 0 Å². The van der Waals surface area contributed by atoms with Crippen molar-refractivity contribution < 1.29 is 9.21 Å². The molecule has 0 radical (unpaired) electrons. The Morgan fingerprint density at radius 2 is 2.27 bits per heavy atom. The summed E-state index contributed by atoms with van der Waals surface area (Å²) in [6.07, 6.45) is 2.35. The highest BCUT2D eigenvalue weighted by Gasteiger charge is 2.22. The fraction of sp³-hybridized carbons (Fsp3) is 0.500. The van der Waals surface area contributed by atoms with Crippen LogP contribution >= 0.6 is 31.9 Å². The van der Waals surface area contributed by atoms with E-state index in [0.29, 0.717) is 10.2 Å². The summed E-state index contributed by atoms with van der Waals surface area (Å²) < 4.78 is 5.47. The molecule has 0 aliphatic rings. The van der Waals surface area contributed by atoms with Crippen molar-refractivity contribution in [1.82, 2.24) is 5.32 Å². The lowest BCUT2D eigenvalue weighted by Gasteiger charge is -2.25. The summed E-state index contributed by atoms with van der Waals surface area (Å²) in [7, 11) is 0. The summed E-state index contributed by atoms with van der Waals surface area (Å²) in [5, 5.41) is 3.80. The average Bonchev–Trinajstić information content (AvgIpc) is 2.50. The molecule has 1 aromatic heterocycles. The first-order valence-corrected chi connectivity index (χ1v) is 6.49. The molecule has 1 heterocycles. The van der Waals surface area contributed by atoms with Crippen molar-refractivity contribution >= 4 is 37.8 Å². The fourth-order valence-corrected chi connectivity index (χ4v) is 2.54. The minimum atomic E-state index is -0.225. The van der Waals surface area contributed by atoms with Crippen molar-refractivity contribution in [3.63, 3.8) is 0 Å². The largest absolute Gasteiger partial charge is 0.457 e. The van der Waals surface area contributed by atoms with E-state index in [9.17, 15) is 4.79 Å². The number of alkyl halides is 1. The topological polar surface area (TPSA) is 42.2 Å². The third-order valence-electron chi connectivity index (χ3n) is 2.03. The van der Waals surface area contributed by atoms with E-state index in [-0.39, 0.29) is 11.4 Å². The maximum atomic E-state index is 11.8. The summed E-state index contributed by atoms with van der Waals surface area (Å²) in [5.41, 5.74) is 0.301. The van der Waals surface area contributed by atoms with Gasteiger partial charge in [0.25, 0.3) is 5.91 Å². The Morgan fingerprint density at radius 1 is 1.60 bits per heavy atom. The number of rotatable bonds is 4. The van der Waals surface area contributed by atoms with Gasteiger partial charge in [-0.2, -0.15) is 0 Å². The van der Waals surface area contributed by atoms with E-state index in [1.807, 2.05) is 13.8 Å². The molecule has 0 saturated carbocycles. The van der Waals surface area contributed by atoms with Crippen LogP contribution in [-0.4, -0.2) is 16.8 Å². The molecule has 0 spiro atoms. The third kappa shape index (κ3) is 3.65. The van der Waals surface area contributed by atoms with Crippen molar-refractivity contribution in [2.45, 2.75) is 25.8 Å². The van der Waals surface area contributed by atoms with E-state index >= 15 is 0 Å². The number of hydrogen-bond acceptors (Lipinski definition) is 2. The number of hydrogen-bond donors (Lipinski definition) is 1. The lowest BCUT2D eigenvalue weighted by atomic mass is 10.0. The molecule has 0 aliphatic heterocycles. The van der Waals surface area contributed by atoms with Gasteiger partial charge in [-0.25, -0.2) is 0 Å². The molecule has 0 saturated heterocycles. The quantitative estimate of drug-likeness (QED) is 0.855. The Balaban J connectivity index is 2.68. The molecule has 5 heteroatoms. The Labute approximate surface area is 106 Å². The second kappa shape index (κ2) is 5.16. The van der Waals surface area contributed by atoms with Crippen molar-refractivity contribution in [3.8, 4) is 0 Å². The standard InChI is InChI=1S/C10H13Br2NO2/c1-10(2,4-5-11)13-9(14)7-3-6-15-8(7)12/h3,6H,4-5H2,1-2H3,(H,13,14). The maximum absolute atomic E-state index is 11.8. The number of furan rings is 1.